The molecule has 0 radical (unpaired) electrons. The Balaban J connectivity index is 1.47. The van der Waals surface area contributed by atoms with E-state index in [1.807, 2.05) is 6.92 Å². The van der Waals surface area contributed by atoms with E-state index in [4.69, 9.17) is 4.42 Å². The van der Waals surface area contributed by atoms with Crippen molar-refractivity contribution in [2.75, 3.05) is 25.0 Å². The lowest BCUT2D eigenvalue weighted by Gasteiger charge is -2.45. The van der Waals surface area contributed by atoms with Crippen LogP contribution in [0.15, 0.2) is 34.9 Å². The Labute approximate surface area is 125 Å². The molecule has 0 amide bonds. The first kappa shape index (κ1) is 12.9. The molecule has 1 aromatic carbocycles. The van der Waals surface area contributed by atoms with Gasteiger partial charge in [-0.25, -0.2) is 4.98 Å². The Morgan fingerprint density at radius 3 is 2.52 bits per heavy atom. The molecule has 3 aliphatic rings. The van der Waals surface area contributed by atoms with Crippen LogP contribution in [0.1, 0.15) is 18.7 Å². The third kappa shape index (κ3) is 2.56. The second-order valence-electron chi connectivity index (χ2n) is 6.22. The highest BCUT2D eigenvalue weighted by Gasteiger charge is 2.33. The van der Waals surface area contributed by atoms with Gasteiger partial charge in [-0.2, -0.15) is 0 Å². The Morgan fingerprint density at radius 1 is 1.19 bits per heavy atom. The van der Waals surface area contributed by atoms with Crippen LogP contribution in [0.4, 0.5) is 5.69 Å². The van der Waals surface area contributed by atoms with Crippen LogP contribution in [0.25, 0.3) is 11.3 Å². The number of benzene rings is 1. The quantitative estimate of drug-likeness (QED) is 0.939. The summed E-state index contributed by atoms with van der Waals surface area (Å²) in [5.74, 6) is 1.55. The molecular formula is C17H21N3O. The summed E-state index contributed by atoms with van der Waals surface area (Å²) in [4.78, 5) is 6.94. The van der Waals surface area contributed by atoms with E-state index in [0.717, 1.165) is 17.2 Å². The fourth-order valence-electron chi connectivity index (χ4n) is 3.58. The lowest BCUT2D eigenvalue weighted by molar-refractivity contribution is 0.0975. The van der Waals surface area contributed by atoms with Crippen molar-refractivity contribution in [3.8, 4) is 11.3 Å². The lowest BCUT2D eigenvalue weighted by atomic mass is 9.84. The van der Waals surface area contributed by atoms with Crippen molar-refractivity contribution < 1.29 is 4.42 Å². The number of aryl methyl sites for hydroxylation is 1. The molecule has 5 rings (SSSR count). The normalized spacial score (nSPS) is 27.8. The molecule has 3 saturated heterocycles. The molecular weight excluding hydrogens is 262 g/mol. The number of fused-ring (bicyclic) bond motifs is 3. The number of nitrogens with one attached hydrogen (secondary N) is 1. The molecule has 0 spiro atoms. The zero-order valence-corrected chi connectivity index (χ0v) is 12.4. The van der Waals surface area contributed by atoms with Gasteiger partial charge in [0.05, 0.1) is 0 Å². The molecule has 2 aromatic rings. The summed E-state index contributed by atoms with van der Waals surface area (Å²) in [5.41, 5.74) is 3.21. The number of rotatable bonds is 3. The van der Waals surface area contributed by atoms with Crippen LogP contribution in [-0.2, 0) is 0 Å². The van der Waals surface area contributed by atoms with E-state index >= 15 is 0 Å². The van der Waals surface area contributed by atoms with Crippen LogP contribution in [0.5, 0.6) is 0 Å². The molecule has 4 heteroatoms. The summed E-state index contributed by atoms with van der Waals surface area (Å²) in [6.07, 6.45) is 4.40. The van der Waals surface area contributed by atoms with E-state index in [1.54, 1.807) is 6.26 Å². The van der Waals surface area contributed by atoms with Crippen LogP contribution in [0.2, 0.25) is 0 Å². The Bertz CT molecular complexity index is 611. The molecule has 1 N–H and O–H groups in total. The first-order chi connectivity index (χ1) is 10.3. The molecule has 0 aliphatic carbocycles. The van der Waals surface area contributed by atoms with Gasteiger partial charge in [0.2, 0.25) is 0 Å². The highest BCUT2D eigenvalue weighted by atomic mass is 16.3. The molecule has 0 unspecified atom stereocenters. The molecule has 1 aromatic heterocycles. The third-order valence-corrected chi connectivity index (χ3v) is 4.81. The van der Waals surface area contributed by atoms with Crippen LogP contribution >= 0.6 is 0 Å². The summed E-state index contributed by atoms with van der Waals surface area (Å²) < 4.78 is 5.27. The van der Waals surface area contributed by atoms with Crippen LogP contribution in [0.3, 0.4) is 0 Å². The molecule has 21 heavy (non-hydrogen) atoms. The predicted molar refractivity (Wildman–Crippen MR) is 83.3 cm³/mol. The smallest absolute Gasteiger partial charge is 0.191 e. The maximum atomic E-state index is 5.27. The minimum atomic E-state index is 0.604. The molecule has 3 aliphatic heterocycles. The minimum Gasteiger partial charge on any atom is -0.449 e. The number of hydrogen-bond donors (Lipinski definition) is 1. The maximum Gasteiger partial charge on any atom is 0.191 e. The summed E-state index contributed by atoms with van der Waals surface area (Å²) in [5, 5.41) is 3.71. The molecule has 1 atom stereocenters. The second kappa shape index (κ2) is 5.19. The fourth-order valence-corrected chi connectivity index (χ4v) is 3.58. The average Bonchev–Trinajstić information content (AvgIpc) is 2.96. The topological polar surface area (TPSA) is 41.3 Å². The van der Waals surface area contributed by atoms with Crippen molar-refractivity contribution in [3.63, 3.8) is 0 Å². The first-order valence-electron chi connectivity index (χ1n) is 7.79. The largest absolute Gasteiger partial charge is 0.449 e. The highest BCUT2D eigenvalue weighted by Crippen LogP contribution is 2.30. The number of aromatic nitrogens is 1. The van der Waals surface area contributed by atoms with Gasteiger partial charge in [-0.05, 0) is 44.0 Å². The second-order valence-corrected chi connectivity index (χ2v) is 6.22. The van der Waals surface area contributed by atoms with Crippen LogP contribution in [0, 0.1) is 12.8 Å². The van der Waals surface area contributed by atoms with Crippen LogP contribution in [-0.4, -0.2) is 35.6 Å². The SMILES string of the molecule is Cc1nc(-c2ccc(N[C@H]3CN4CCC3CC4)cc2)co1. The van der Waals surface area contributed by atoms with E-state index in [2.05, 4.69) is 39.5 Å². The highest BCUT2D eigenvalue weighted by molar-refractivity contribution is 5.62. The minimum absolute atomic E-state index is 0.604. The van der Waals surface area contributed by atoms with Gasteiger partial charge in [0.1, 0.15) is 12.0 Å². The first-order valence-corrected chi connectivity index (χ1v) is 7.79. The van der Waals surface area contributed by atoms with Crippen molar-refractivity contribution in [2.24, 2.45) is 5.92 Å². The van der Waals surface area contributed by atoms with Gasteiger partial charge in [-0.15, -0.1) is 0 Å². The number of piperidine rings is 3. The van der Waals surface area contributed by atoms with Gasteiger partial charge in [0, 0.05) is 30.8 Å². The van der Waals surface area contributed by atoms with E-state index in [-0.39, 0.29) is 0 Å². The number of oxazole rings is 1. The summed E-state index contributed by atoms with van der Waals surface area (Å²) >= 11 is 0. The average molecular weight is 283 g/mol. The summed E-state index contributed by atoms with van der Waals surface area (Å²) in [6.45, 7) is 5.63. The van der Waals surface area contributed by atoms with Gasteiger partial charge in [-0.3, -0.25) is 0 Å². The number of hydrogen-bond acceptors (Lipinski definition) is 4. The number of anilines is 1. The molecule has 0 saturated carbocycles. The van der Waals surface area contributed by atoms with Crippen molar-refractivity contribution in [2.45, 2.75) is 25.8 Å². The van der Waals surface area contributed by atoms with Crippen LogP contribution < -0.4 is 5.32 Å². The summed E-state index contributed by atoms with van der Waals surface area (Å²) in [7, 11) is 0. The van der Waals surface area contributed by atoms with Gasteiger partial charge < -0.3 is 14.6 Å². The Morgan fingerprint density at radius 2 is 1.95 bits per heavy atom. The maximum absolute atomic E-state index is 5.27. The van der Waals surface area contributed by atoms with Gasteiger partial charge >= 0.3 is 0 Å². The predicted octanol–water partition coefficient (Wildman–Crippen LogP) is 3.16. The fraction of sp³-hybridized carbons (Fsp3) is 0.471. The van der Waals surface area contributed by atoms with E-state index < -0.39 is 0 Å². The lowest BCUT2D eigenvalue weighted by Crippen LogP contribution is -2.53. The molecule has 4 nitrogen and oxygen atoms in total. The monoisotopic (exact) mass is 283 g/mol. The van der Waals surface area contributed by atoms with Crippen molar-refractivity contribution in [3.05, 3.63) is 36.4 Å². The van der Waals surface area contributed by atoms with E-state index in [0.29, 0.717) is 11.9 Å². The molecule has 4 heterocycles. The van der Waals surface area contributed by atoms with Gasteiger partial charge in [0.25, 0.3) is 0 Å². The van der Waals surface area contributed by atoms with Crippen molar-refractivity contribution >= 4 is 5.69 Å². The summed E-state index contributed by atoms with van der Waals surface area (Å²) in [6, 6.07) is 9.13. The zero-order chi connectivity index (χ0) is 14.2. The van der Waals surface area contributed by atoms with E-state index in [1.165, 1.54) is 38.2 Å². The van der Waals surface area contributed by atoms with E-state index in [9.17, 15) is 0 Å². The standard InChI is InChI=1S/C17H21N3O/c1-12-18-17(11-21-12)13-2-4-15(5-3-13)19-16-10-20-8-6-14(16)7-9-20/h2-5,11,14,16,19H,6-10H2,1H3/t16-/m0/s1. The zero-order valence-electron chi connectivity index (χ0n) is 12.4. The molecule has 2 bridgehead atoms. The molecule has 110 valence electrons. The number of nitrogens with zero attached hydrogens (tertiary/aromatic N) is 2. The Hall–Kier alpha value is -1.81. The molecule has 3 fully saturated rings. The third-order valence-electron chi connectivity index (χ3n) is 4.81. The van der Waals surface area contributed by atoms with Gasteiger partial charge in [0.15, 0.2) is 5.89 Å². The van der Waals surface area contributed by atoms with Crippen molar-refractivity contribution in [1.82, 2.24) is 9.88 Å². The van der Waals surface area contributed by atoms with Gasteiger partial charge in [-0.1, -0.05) is 12.1 Å². The Kier molecular flexibility index (Phi) is 3.19. The van der Waals surface area contributed by atoms with Crippen molar-refractivity contribution in [1.29, 1.82) is 0 Å².